The van der Waals surface area contributed by atoms with Crippen LogP contribution in [0.15, 0.2) is 0 Å². The molecular weight excluding hydrogens is 172 g/mol. The summed E-state index contributed by atoms with van der Waals surface area (Å²) in [7, 11) is 0. The van der Waals surface area contributed by atoms with Crippen molar-refractivity contribution >= 4 is 5.84 Å². The van der Waals surface area contributed by atoms with Crippen molar-refractivity contribution in [3.63, 3.8) is 0 Å². The normalized spacial score (nSPS) is 24.6. The predicted octanol–water partition coefficient (Wildman–Crippen LogP) is 3.03. The van der Waals surface area contributed by atoms with Crippen molar-refractivity contribution in [2.45, 2.75) is 51.4 Å². The summed E-state index contributed by atoms with van der Waals surface area (Å²) in [6.45, 7) is 2.30. The summed E-state index contributed by atoms with van der Waals surface area (Å²) in [6.07, 6.45) is 10.7. The maximum Gasteiger partial charge on any atom is 0.0957 e. The van der Waals surface area contributed by atoms with Gasteiger partial charge >= 0.3 is 0 Å². The first-order valence-corrected chi connectivity index (χ1v) is 6.18. The molecule has 1 saturated heterocycles. The molecular formula is C12H22N2. The lowest BCUT2D eigenvalue weighted by atomic mass is 10.0. The number of hydrogen-bond acceptors (Lipinski definition) is 1. The van der Waals surface area contributed by atoms with Crippen molar-refractivity contribution < 1.29 is 0 Å². The van der Waals surface area contributed by atoms with Gasteiger partial charge in [-0.3, -0.25) is 5.41 Å². The molecule has 2 nitrogen and oxygen atoms in total. The van der Waals surface area contributed by atoms with Crippen LogP contribution in [-0.2, 0) is 0 Å². The average molecular weight is 194 g/mol. The van der Waals surface area contributed by atoms with Crippen molar-refractivity contribution in [3.8, 4) is 0 Å². The van der Waals surface area contributed by atoms with E-state index in [1.165, 1.54) is 44.9 Å². The molecule has 0 aromatic heterocycles. The van der Waals surface area contributed by atoms with Gasteiger partial charge in [0, 0.05) is 19.5 Å². The fraction of sp³-hybridized carbons (Fsp3) is 0.917. The second-order valence-electron chi connectivity index (χ2n) is 4.83. The maximum atomic E-state index is 7.85. The monoisotopic (exact) mass is 194 g/mol. The fourth-order valence-corrected chi connectivity index (χ4v) is 2.77. The minimum atomic E-state index is 0.897. The Bertz CT molecular complexity index is 194. The molecule has 0 atom stereocenters. The number of nitrogens with one attached hydrogen (secondary N) is 1. The predicted molar refractivity (Wildman–Crippen MR) is 59.7 cm³/mol. The van der Waals surface area contributed by atoms with E-state index in [0.29, 0.717) is 0 Å². The zero-order valence-electron chi connectivity index (χ0n) is 9.10. The van der Waals surface area contributed by atoms with Crippen LogP contribution < -0.4 is 0 Å². The van der Waals surface area contributed by atoms with E-state index in [1.54, 1.807) is 0 Å². The summed E-state index contributed by atoms with van der Waals surface area (Å²) >= 11 is 0. The van der Waals surface area contributed by atoms with Crippen LogP contribution in [0, 0.1) is 11.3 Å². The zero-order chi connectivity index (χ0) is 9.80. The molecule has 1 heterocycles. The van der Waals surface area contributed by atoms with Gasteiger partial charge in [0.15, 0.2) is 0 Å². The zero-order valence-corrected chi connectivity index (χ0v) is 9.10. The Morgan fingerprint density at radius 1 is 1.14 bits per heavy atom. The maximum absolute atomic E-state index is 7.85. The number of likely N-dealkylation sites (tertiary alicyclic amines) is 1. The Balaban J connectivity index is 1.70. The SMILES string of the molecule is N=C1CCCCN1CCC1CCCC1. The van der Waals surface area contributed by atoms with Gasteiger partial charge in [-0.1, -0.05) is 25.7 Å². The van der Waals surface area contributed by atoms with Crippen LogP contribution in [-0.4, -0.2) is 23.8 Å². The third-order valence-electron chi connectivity index (χ3n) is 3.76. The quantitative estimate of drug-likeness (QED) is 0.734. The minimum absolute atomic E-state index is 0.897. The summed E-state index contributed by atoms with van der Waals surface area (Å²) in [6, 6.07) is 0. The highest BCUT2D eigenvalue weighted by molar-refractivity contribution is 5.79. The molecule has 1 aliphatic heterocycles. The van der Waals surface area contributed by atoms with Gasteiger partial charge in [-0.2, -0.15) is 0 Å². The molecule has 2 rings (SSSR count). The third kappa shape index (κ3) is 2.49. The molecule has 0 radical (unpaired) electrons. The van der Waals surface area contributed by atoms with E-state index in [1.807, 2.05) is 0 Å². The van der Waals surface area contributed by atoms with Gasteiger partial charge in [0.2, 0.25) is 0 Å². The molecule has 0 unspecified atom stereocenters. The second kappa shape index (κ2) is 4.81. The Morgan fingerprint density at radius 3 is 2.64 bits per heavy atom. The van der Waals surface area contributed by atoms with Crippen molar-refractivity contribution in [1.29, 1.82) is 5.41 Å². The van der Waals surface area contributed by atoms with Crippen LogP contribution in [0.1, 0.15) is 51.4 Å². The lowest BCUT2D eigenvalue weighted by Crippen LogP contribution is -2.36. The first-order chi connectivity index (χ1) is 6.86. The number of rotatable bonds is 3. The summed E-state index contributed by atoms with van der Waals surface area (Å²) in [5.74, 6) is 1.87. The van der Waals surface area contributed by atoms with Crippen molar-refractivity contribution in [2.75, 3.05) is 13.1 Å². The van der Waals surface area contributed by atoms with Gasteiger partial charge in [0.1, 0.15) is 0 Å². The van der Waals surface area contributed by atoms with Gasteiger partial charge < -0.3 is 4.90 Å². The number of amidine groups is 1. The first-order valence-electron chi connectivity index (χ1n) is 6.18. The van der Waals surface area contributed by atoms with Crippen molar-refractivity contribution in [3.05, 3.63) is 0 Å². The van der Waals surface area contributed by atoms with E-state index >= 15 is 0 Å². The number of piperidine rings is 1. The first kappa shape index (κ1) is 10.0. The molecule has 0 aromatic rings. The number of hydrogen-bond donors (Lipinski definition) is 1. The Kier molecular flexibility index (Phi) is 3.44. The summed E-state index contributed by atoms with van der Waals surface area (Å²) < 4.78 is 0. The average Bonchev–Trinajstić information content (AvgIpc) is 2.69. The van der Waals surface area contributed by atoms with Crippen molar-refractivity contribution in [2.24, 2.45) is 5.92 Å². The molecule has 0 bridgehead atoms. The van der Waals surface area contributed by atoms with Gasteiger partial charge in [0.05, 0.1) is 5.84 Å². The van der Waals surface area contributed by atoms with E-state index in [9.17, 15) is 0 Å². The summed E-state index contributed by atoms with van der Waals surface area (Å²) in [5.41, 5.74) is 0. The van der Waals surface area contributed by atoms with E-state index in [-0.39, 0.29) is 0 Å². The van der Waals surface area contributed by atoms with Gasteiger partial charge in [-0.25, -0.2) is 0 Å². The van der Waals surface area contributed by atoms with Crippen molar-refractivity contribution in [1.82, 2.24) is 4.90 Å². The third-order valence-corrected chi connectivity index (χ3v) is 3.76. The van der Waals surface area contributed by atoms with Gasteiger partial charge in [-0.05, 0) is 25.2 Å². The molecule has 80 valence electrons. The van der Waals surface area contributed by atoms with Gasteiger partial charge in [-0.15, -0.1) is 0 Å². The smallest absolute Gasteiger partial charge is 0.0957 e. The summed E-state index contributed by atoms with van der Waals surface area (Å²) in [5, 5.41) is 7.85. The molecule has 1 N–H and O–H groups in total. The van der Waals surface area contributed by atoms with Crippen LogP contribution in [0.4, 0.5) is 0 Å². The Hall–Kier alpha value is -0.530. The topological polar surface area (TPSA) is 27.1 Å². The molecule has 2 aliphatic rings. The van der Waals surface area contributed by atoms with Gasteiger partial charge in [0.25, 0.3) is 0 Å². The highest BCUT2D eigenvalue weighted by Crippen LogP contribution is 2.28. The highest BCUT2D eigenvalue weighted by Gasteiger charge is 2.18. The fourth-order valence-electron chi connectivity index (χ4n) is 2.77. The van der Waals surface area contributed by atoms with Crippen LogP contribution in [0.5, 0.6) is 0 Å². The Labute approximate surface area is 87.2 Å². The lowest BCUT2D eigenvalue weighted by Gasteiger charge is -2.30. The molecule has 2 heteroatoms. The molecule has 1 saturated carbocycles. The largest absolute Gasteiger partial charge is 0.361 e. The van der Waals surface area contributed by atoms with E-state index in [2.05, 4.69) is 4.90 Å². The second-order valence-corrected chi connectivity index (χ2v) is 4.83. The molecule has 2 fully saturated rings. The van der Waals surface area contributed by atoms with Crippen LogP contribution in [0.2, 0.25) is 0 Å². The lowest BCUT2D eigenvalue weighted by molar-refractivity contribution is 0.330. The van der Waals surface area contributed by atoms with E-state index < -0.39 is 0 Å². The Morgan fingerprint density at radius 2 is 1.93 bits per heavy atom. The number of nitrogens with zero attached hydrogens (tertiary/aromatic N) is 1. The molecule has 0 spiro atoms. The van der Waals surface area contributed by atoms with E-state index in [0.717, 1.165) is 31.3 Å². The highest BCUT2D eigenvalue weighted by atomic mass is 15.2. The van der Waals surface area contributed by atoms with Crippen LogP contribution in [0.25, 0.3) is 0 Å². The van der Waals surface area contributed by atoms with Crippen LogP contribution in [0.3, 0.4) is 0 Å². The standard InChI is InChI=1S/C12H22N2/c13-12-7-3-4-9-14(12)10-8-11-5-1-2-6-11/h11,13H,1-10H2. The molecule has 0 aromatic carbocycles. The molecule has 14 heavy (non-hydrogen) atoms. The molecule has 1 aliphatic carbocycles. The summed E-state index contributed by atoms with van der Waals surface area (Å²) in [4.78, 5) is 2.31. The van der Waals surface area contributed by atoms with E-state index in [4.69, 9.17) is 5.41 Å². The molecule has 0 amide bonds. The van der Waals surface area contributed by atoms with Crippen LogP contribution >= 0.6 is 0 Å². The minimum Gasteiger partial charge on any atom is -0.361 e.